The molecule has 3 aromatic rings. The van der Waals surface area contributed by atoms with E-state index in [1.807, 2.05) is 30.3 Å². The van der Waals surface area contributed by atoms with Gasteiger partial charge in [0.25, 0.3) is 0 Å². The molecule has 0 saturated carbocycles. The zero-order valence-electron chi connectivity index (χ0n) is 13.0. The second kappa shape index (κ2) is 6.57. The summed E-state index contributed by atoms with van der Waals surface area (Å²) in [4.78, 5) is 15.1. The van der Waals surface area contributed by atoms with Crippen LogP contribution in [-0.4, -0.2) is 33.2 Å². The van der Waals surface area contributed by atoms with Gasteiger partial charge in [-0.05, 0) is 37.1 Å². The third-order valence-electron chi connectivity index (χ3n) is 4.26. The van der Waals surface area contributed by atoms with Crippen molar-refractivity contribution in [1.82, 2.24) is 20.1 Å². The highest BCUT2D eigenvalue weighted by molar-refractivity contribution is 6.29. The first-order chi connectivity index (χ1) is 11.8. The first-order valence-corrected chi connectivity index (χ1v) is 8.29. The first-order valence-electron chi connectivity index (χ1n) is 7.91. The fourth-order valence-electron chi connectivity index (χ4n) is 2.97. The Labute approximate surface area is 144 Å². The minimum atomic E-state index is 0.281. The van der Waals surface area contributed by atoms with Crippen LogP contribution in [0.5, 0.6) is 0 Å². The predicted octanol–water partition coefficient (Wildman–Crippen LogP) is 3.56. The molecule has 4 heterocycles. The van der Waals surface area contributed by atoms with Crippen molar-refractivity contribution in [1.29, 1.82) is 0 Å². The van der Waals surface area contributed by atoms with Gasteiger partial charge < -0.3 is 9.42 Å². The number of hydrogen-bond acceptors (Lipinski definition) is 6. The average Bonchev–Trinajstić information content (AvgIpc) is 3.13. The number of anilines is 1. The first kappa shape index (κ1) is 15.1. The summed E-state index contributed by atoms with van der Waals surface area (Å²) in [7, 11) is 0. The lowest BCUT2D eigenvalue weighted by atomic mass is 9.96. The molecule has 0 atom stereocenters. The van der Waals surface area contributed by atoms with E-state index < -0.39 is 0 Å². The Kier molecular flexibility index (Phi) is 4.13. The van der Waals surface area contributed by atoms with Gasteiger partial charge in [-0.3, -0.25) is 4.98 Å². The zero-order chi connectivity index (χ0) is 16.4. The van der Waals surface area contributed by atoms with Crippen molar-refractivity contribution in [2.75, 3.05) is 18.0 Å². The summed E-state index contributed by atoms with van der Waals surface area (Å²) >= 11 is 5.97. The molecule has 122 valence electrons. The predicted molar refractivity (Wildman–Crippen MR) is 91.0 cm³/mol. The molecule has 7 heteroatoms. The highest BCUT2D eigenvalue weighted by atomic mass is 35.5. The van der Waals surface area contributed by atoms with Crippen molar-refractivity contribution < 1.29 is 4.52 Å². The Morgan fingerprint density at radius 3 is 2.71 bits per heavy atom. The van der Waals surface area contributed by atoms with Crippen molar-refractivity contribution >= 4 is 17.3 Å². The SMILES string of the molecule is Clc1cc(N2CCC(c3nc(-c4ccccn4)no3)CC2)ccn1. The van der Waals surface area contributed by atoms with Crippen LogP contribution in [0.15, 0.2) is 47.2 Å². The van der Waals surface area contributed by atoms with Crippen molar-refractivity contribution in [2.45, 2.75) is 18.8 Å². The average molecular weight is 342 g/mol. The number of nitrogens with zero attached hydrogens (tertiary/aromatic N) is 5. The Hall–Kier alpha value is -2.47. The van der Waals surface area contributed by atoms with E-state index in [4.69, 9.17) is 16.1 Å². The standard InChI is InChI=1S/C17H16ClN5O/c18-15-11-13(4-8-20-15)23-9-5-12(6-10-23)17-21-16(22-24-17)14-3-1-2-7-19-14/h1-4,7-8,11-12H,5-6,9-10H2. The van der Waals surface area contributed by atoms with Crippen LogP contribution in [0.3, 0.4) is 0 Å². The largest absolute Gasteiger partial charge is 0.371 e. The van der Waals surface area contributed by atoms with Crippen LogP contribution in [0, 0.1) is 0 Å². The van der Waals surface area contributed by atoms with E-state index in [0.29, 0.717) is 16.9 Å². The Bertz CT molecular complexity index is 815. The van der Waals surface area contributed by atoms with E-state index in [0.717, 1.165) is 37.3 Å². The fraction of sp³-hybridized carbons (Fsp3) is 0.294. The molecule has 6 nitrogen and oxygen atoms in total. The molecule has 1 saturated heterocycles. The molecule has 1 aliphatic rings. The van der Waals surface area contributed by atoms with Gasteiger partial charge in [0.15, 0.2) is 0 Å². The molecule has 0 unspecified atom stereocenters. The van der Waals surface area contributed by atoms with Crippen LogP contribution < -0.4 is 4.90 Å². The minimum Gasteiger partial charge on any atom is -0.371 e. The molecule has 4 rings (SSSR count). The molecule has 0 aromatic carbocycles. The molecule has 24 heavy (non-hydrogen) atoms. The van der Waals surface area contributed by atoms with E-state index in [2.05, 4.69) is 25.0 Å². The second-order valence-corrected chi connectivity index (χ2v) is 6.16. The minimum absolute atomic E-state index is 0.281. The summed E-state index contributed by atoms with van der Waals surface area (Å²) < 4.78 is 5.47. The fourth-order valence-corrected chi connectivity index (χ4v) is 3.14. The molecule has 0 radical (unpaired) electrons. The molecule has 0 spiro atoms. The van der Waals surface area contributed by atoms with Crippen molar-refractivity contribution in [3.05, 3.63) is 53.8 Å². The number of halogens is 1. The normalized spacial score (nSPS) is 15.6. The molecule has 1 fully saturated rings. The van der Waals surface area contributed by atoms with Crippen LogP contribution >= 0.6 is 11.6 Å². The maximum atomic E-state index is 5.97. The van der Waals surface area contributed by atoms with Crippen LogP contribution in [-0.2, 0) is 0 Å². The maximum Gasteiger partial charge on any atom is 0.230 e. The number of hydrogen-bond donors (Lipinski definition) is 0. The lowest BCUT2D eigenvalue weighted by molar-refractivity contribution is 0.329. The molecular weight excluding hydrogens is 326 g/mol. The topological polar surface area (TPSA) is 67.9 Å². The van der Waals surface area contributed by atoms with Crippen LogP contribution in [0.4, 0.5) is 5.69 Å². The Balaban J connectivity index is 1.44. The smallest absolute Gasteiger partial charge is 0.230 e. The summed E-state index contributed by atoms with van der Waals surface area (Å²) in [6.07, 6.45) is 5.39. The Morgan fingerprint density at radius 1 is 1.08 bits per heavy atom. The highest BCUT2D eigenvalue weighted by Gasteiger charge is 2.26. The third-order valence-corrected chi connectivity index (χ3v) is 4.46. The van der Waals surface area contributed by atoms with Gasteiger partial charge >= 0.3 is 0 Å². The molecule has 1 aliphatic heterocycles. The van der Waals surface area contributed by atoms with Crippen LogP contribution in [0.2, 0.25) is 5.15 Å². The molecule has 3 aromatic heterocycles. The van der Waals surface area contributed by atoms with Gasteiger partial charge in [0.2, 0.25) is 11.7 Å². The van der Waals surface area contributed by atoms with Gasteiger partial charge in [-0.1, -0.05) is 22.8 Å². The summed E-state index contributed by atoms with van der Waals surface area (Å²) in [6.45, 7) is 1.85. The molecule has 0 bridgehead atoms. The van der Waals surface area contributed by atoms with Crippen molar-refractivity contribution in [3.8, 4) is 11.5 Å². The summed E-state index contributed by atoms with van der Waals surface area (Å²) in [5, 5.41) is 4.58. The molecular formula is C17H16ClN5O. The van der Waals surface area contributed by atoms with E-state index in [9.17, 15) is 0 Å². The maximum absolute atomic E-state index is 5.97. The summed E-state index contributed by atoms with van der Waals surface area (Å²) in [6, 6.07) is 9.54. The summed E-state index contributed by atoms with van der Waals surface area (Å²) in [5.41, 5.74) is 1.84. The molecule has 0 amide bonds. The van der Waals surface area contributed by atoms with E-state index in [1.54, 1.807) is 12.4 Å². The monoisotopic (exact) mass is 341 g/mol. The Morgan fingerprint density at radius 2 is 1.96 bits per heavy atom. The summed E-state index contributed by atoms with van der Waals surface area (Å²) in [5.74, 6) is 1.53. The van der Waals surface area contributed by atoms with Gasteiger partial charge in [0.1, 0.15) is 10.8 Å². The van der Waals surface area contributed by atoms with Gasteiger partial charge in [-0.25, -0.2) is 4.98 Å². The number of aromatic nitrogens is 4. The second-order valence-electron chi connectivity index (χ2n) is 5.77. The van der Waals surface area contributed by atoms with Crippen LogP contribution in [0.25, 0.3) is 11.5 Å². The van der Waals surface area contributed by atoms with Gasteiger partial charge in [-0.15, -0.1) is 0 Å². The van der Waals surface area contributed by atoms with Crippen molar-refractivity contribution in [2.24, 2.45) is 0 Å². The lowest BCUT2D eigenvalue weighted by Gasteiger charge is -2.32. The van der Waals surface area contributed by atoms with E-state index in [1.165, 1.54) is 0 Å². The number of rotatable bonds is 3. The lowest BCUT2D eigenvalue weighted by Crippen LogP contribution is -2.32. The number of piperidine rings is 1. The molecule has 0 N–H and O–H groups in total. The van der Waals surface area contributed by atoms with E-state index >= 15 is 0 Å². The van der Waals surface area contributed by atoms with Crippen LogP contribution in [0.1, 0.15) is 24.7 Å². The number of pyridine rings is 2. The van der Waals surface area contributed by atoms with Gasteiger partial charge in [0, 0.05) is 37.1 Å². The highest BCUT2D eigenvalue weighted by Crippen LogP contribution is 2.30. The van der Waals surface area contributed by atoms with Gasteiger partial charge in [0.05, 0.1) is 0 Å². The third kappa shape index (κ3) is 3.10. The van der Waals surface area contributed by atoms with Crippen molar-refractivity contribution in [3.63, 3.8) is 0 Å². The van der Waals surface area contributed by atoms with Gasteiger partial charge in [-0.2, -0.15) is 4.98 Å². The quantitative estimate of drug-likeness (QED) is 0.678. The molecule has 0 aliphatic carbocycles. The zero-order valence-corrected chi connectivity index (χ0v) is 13.7. The van der Waals surface area contributed by atoms with E-state index in [-0.39, 0.29) is 5.92 Å².